The van der Waals surface area contributed by atoms with Crippen LogP contribution in [0.15, 0.2) is 6.58 Å². The van der Waals surface area contributed by atoms with Crippen LogP contribution in [0.2, 0.25) is 0 Å². The molecule has 0 heterocycles. The van der Waals surface area contributed by atoms with E-state index in [9.17, 15) is 0 Å². The van der Waals surface area contributed by atoms with Gasteiger partial charge in [-0.1, -0.05) is 28.6 Å². The lowest BCUT2D eigenvalue weighted by molar-refractivity contribution is 1.23. The van der Waals surface area contributed by atoms with Gasteiger partial charge in [0.05, 0.1) is 0 Å². The number of halogens is 1. The topological polar surface area (TPSA) is 0 Å². The molecule has 1 heteroatoms. The van der Waals surface area contributed by atoms with Gasteiger partial charge in [-0.15, -0.1) is 0 Å². The molecule has 29 valence electrons. The summed E-state index contributed by atoms with van der Waals surface area (Å²) in [5.41, 5.74) is 0. The summed E-state index contributed by atoms with van der Waals surface area (Å²) in [5, 5.41) is 0.983. The van der Waals surface area contributed by atoms with E-state index >= 15 is 0 Å². The van der Waals surface area contributed by atoms with Crippen LogP contribution in [0.5, 0.6) is 0 Å². The first-order valence-corrected chi connectivity index (χ1v) is 2.60. The number of allylic oxidation sites excluding steroid dienone is 1. The molecule has 0 atom stereocenters. The second kappa shape index (κ2) is 4.22. The second-order valence-electron chi connectivity index (χ2n) is 0.689. The van der Waals surface area contributed by atoms with Crippen molar-refractivity contribution in [3.05, 3.63) is 12.7 Å². The Morgan fingerprint density at radius 2 is 2.40 bits per heavy atom. The summed E-state index contributed by atoms with van der Waals surface area (Å²) in [6.45, 7) is 3.40. The Hall–Kier alpha value is 0.220. The van der Waals surface area contributed by atoms with E-state index in [1.165, 1.54) is 0 Å². The molecule has 0 saturated carbocycles. The van der Waals surface area contributed by atoms with Gasteiger partial charge in [0, 0.05) is 5.33 Å². The lowest BCUT2D eigenvalue weighted by Gasteiger charge is -1.70. The number of alkyl halides is 1. The zero-order valence-corrected chi connectivity index (χ0v) is 4.59. The average molecular weight is 134 g/mol. The van der Waals surface area contributed by atoms with Gasteiger partial charge < -0.3 is 0 Å². The Balaban J connectivity index is 2.40. The summed E-state index contributed by atoms with van der Waals surface area (Å²) >= 11 is 3.21. The van der Waals surface area contributed by atoms with Crippen molar-refractivity contribution in [2.75, 3.05) is 5.33 Å². The van der Waals surface area contributed by atoms with Crippen LogP contribution < -0.4 is 0 Å². The second-order valence-corrected chi connectivity index (χ2v) is 1.48. The molecule has 0 aliphatic carbocycles. The quantitative estimate of drug-likeness (QED) is 0.504. The van der Waals surface area contributed by atoms with E-state index in [1.54, 1.807) is 0 Å². The molecule has 0 aromatic heterocycles. The van der Waals surface area contributed by atoms with E-state index in [4.69, 9.17) is 0 Å². The van der Waals surface area contributed by atoms with Crippen LogP contribution in [0.3, 0.4) is 0 Å². The molecule has 0 rings (SSSR count). The van der Waals surface area contributed by atoms with Gasteiger partial charge in [0.25, 0.3) is 0 Å². The van der Waals surface area contributed by atoms with Crippen LogP contribution in [-0.2, 0) is 0 Å². The van der Waals surface area contributed by atoms with E-state index in [1.807, 2.05) is 0 Å². The molecule has 5 heavy (non-hydrogen) atoms. The van der Waals surface area contributed by atoms with Crippen LogP contribution in [0, 0.1) is 6.08 Å². The zero-order valence-electron chi connectivity index (χ0n) is 3.00. The Morgan fingerprint density at radius 1 is 1.80 bits per heavy atom. The van der Waals surface area contributed by atoms with Gasteiger partial charge in [0.15, 0.2) is 0 Å². The molecule has 0 aromatic rings. The Bertz CT molecular complexity index is 24.8. The number of hydrogen-bond acceptors (Lipinski definition) is 0. The minimum Gasteiger partial charge on any atom is -0.0955 e. The Kier molecular flexibility index (Phi) is 4.41. The van der Waals surface area contributed by atoms with Crippen molar-refractivity contribution in [1.82, 2.24) is 0 Å². The fourth-order valence-corrected chi connectivity index (χ4v) is 0.347. The summed E-state index contributed by atoms with van der Waals surface area (Å²) in [6, 6.07) is 0. The molecule has 0 bridgehead atoms. The van der Waals surface area contributed by atoms with Crippen molar-refractivity contribution < 1.29 is 0 Å². The fraction of sp³-hybridized carbons (Fsp3) is 0.500. The van der Waals surface area contributed by atoms with Gasteiger partial charge in [-0.05, 0) is 6.42 Å². The number of hydrogen-bond donors (Lipinski definition) is 0. The van der Waals surface area contributed by atoms with Crippen molar-refractivity contribution in [1.29, 1.82) is 0 Å². The number of rotatable bonds is 2. The first kappa shape index (κ1) is 5.22. The van der Waals surface area contributed by atoms with E-state index in [2.05, 4.69) is 28.6 Å². The SMILES string of the molecule is C=[C]CCBr. The highest BCUT2D eigenvalue weighted by molar-refractivity contribution is 9.09. The third-order valence-corrected chi connectivity index (χ3v) is 0.668. The molecule has 0 N–H and O–H groups in total. The van der Waals surface area contributed by atoms with Gasteiger partial charge in [-0.25, -0.2) is 0 Å². The van der Waals surface area contributed by atoms with E-state index in [0.29, 0.717) is 0 Å². The van der Waals surface area contributed by atoms with E-state index in [0.717, 1.165) is 11.8 Å². The average Bonchev–Trinajstić information content (AvgIpc) is 1.41. The van der Waals surface area contributed by atoms with Crippen molar-refractivity contribution in [3.63, 3.8) is 0 Å². The molecule has 0 amide bonds. The zero-order chi connectivity index (χ0) is 4.12. The normalized spacial score (nSPS) is 7.40. The van der Waals surface area contributed by atoms with E-state index in [-0.39, 0.29) is 0 Å². The molecule has 0 fully saturated rings. The highest BCUT2D eigenvalue weighted by atomic mass is 79.9. The molecule has 0 aromatic carbocycles. The highest BCUT2D eigenvalue weighted by Crippen LogP contribution is 1.83. The van der Waals surface area contributed by atoms with Gasteiger partial charge in [-0.2, -0.15) is 0 Å². The first-order chi connectivity index (χ1) is 2.41. The predicted octanol–water partition coefficient (Wildman–Crippen LogP) is 1.76. The van der Waals surface area contributed by atoms with Crippen molar-refractivity contribution >= 4 is 15.9 Å². The van der Waals surface area contributed by atoms with Gasteiger partial charge in [0.1, 0.15) is 0 Å². The standard InChI is InChI=1S/C4H6Br/c1-2-3-4-5/h1,3-4H2. The summed E-state index contributed by atoms with van der Waals surface area (Å²) in [6.07, 6.45) is 3.66. The van der Waals surface area contributed by atoms with Crippen molar-refractivity contribution in [3.8, 4) is 0 Å². The maximum absolute atomic E-state index is 3.40. The molecule has 0 saturated heterocycles. The van der Waals surface area contributed by atoms with Crippen LogP contribution in [0.25, 0.3) is 0 Å². The summed E-state index contributed by atoms with van der Waals surface area (Å²) in [5.74, 6) is 0. The predicted molar refractivity (Wildman–Crippen MR) is 27.3 cm³/mol. The monoisotopic (exact) mass is 133 g/mol. The Morgan fingerprint density at radius 3 is 2.40 bits per heavy atom. The van der Waals surface area contributed by atoms with Crippen LogP contribution in [0.4, 0.5) is 0 Å². The lowest BCUT2D eigenvalue weighted by atomic mass is 10.5. The first-order valence-electron chi connectivity index (χ1n) is 1.47. The third-order valence-electron chi connectivity index (χ3n) is 0.271. The highest BCUT2D eigenvalue weighted by Gasteiger charge is 1.64. The summed E-state index contributed by atoms with van der Waals surface area (Å²) in [7, 11) is 0. The summed E-state index contributed by atoms with van der Waals surface area (Å²) < 4.78 is 0. The van der Waals surface area contributed by atoms with Crippen LogP contribution in [-0.4, -0.2) is 5.33 Å². The van der Waals surface area contributed by atoms with Crippen LogP contribution in [0.1, 0.15) is 6.42 Å². The molecule has 1 radical (unpaired) electrons. The molecule has 0 aliphatic heterocycles. The third kappa shape index (κ3) is 4.22. The van der Waals surface area contributed by atoms with E-state index < -0.39 is 0 Å². The molecule has 0 spiro atoms. The maximum atomic E-state index is 3.40. The van der Waals surface area contributed by atoms with Gasteiger partial charge >= 0.3 is 0 Å². The molecular weight excluding hydrogens is 128 g/mol. The maximum Gasteiger partial charge on any atom is 0.00716 e. The molecular formula is C4H6Br. The minimum atomic E-state index is 0.944. The fourth-order valence-electron chi connectivity index (χ4n) is 0.0668. The molecule has 0 aliphatic rings. The molecule has 0 nitrogen and oxygen atoms in total. The minimum absolute atomic E-state index is 0.944. The van der Waals surface area contributed by atoms with Gasteiger partial charge in [0.2, 0.25) is 0 Å². The van der Waals surface area contributed by atoms with Gasteiger partial charge in [-0.3, -0.25) is 0 Å². The van der Waals surface area contributed by atoms with Crippen LogP contribution >= 0.6 is 15.9 Å². The van der Waals surface area contributed by atoms with Crippen molar-refractivity contribution in [2.24, 2.45) is 0 Å². The smallest absolute Gasteiger partial charge is 0.00716 e. The lowest BCUT2D eigenvalue weighted by Crippen LogP contribution is -1.59. The Labute approximate surface area is 41.0 Å². The van der Waals surface area contributed by atoms with Crippen molar-refractivity contribution in [2.45, 2.75) is 6.42 Å². The largest absolute Gasteiger partial charge is 0.0955 e. The summed E-state index contributed by atoms with van der Waals surface area (Å²) in [4.78, 5) is 0. The molecule has 0 unspecified atom stereocenters.